The standard InChI is InChI=1S/C26H24N8O2/c1-7-15(3)33-26(28-4)36-17-9-10-19(30-12-17)21-22-24(27)31-14-32-25(22)34(5)23(21)18-13-29-16(8-2)11-20(18)35-6/h2,7,9-14H,4H2,1,3,5-6H3,(H2,27,31,32)/b15-7-,33-26+. The second kappa shape index (κ2) is 10.1. The van der Waals surface area contributed by atoms with Gasteiger partial charge in [-0.15, -0.1) is 6.42 Å². The highest BCUT2D eigenvalue weighted by atomic mass is 16.5. The molecular weight excluding hydrogens is 456 g/mol. The molecule has 0 unspecified atom stereocenters. The first-order valence-electron chi connectivity index (χ1n) is 10.8. The van der Waals surface area contributed by atoms with Crippen LogP contribution < -0.4 is 15.2 Å². The summed E-state index contributed by atoms with van der Waals surface area (Å²) in [5, 5.41) is 0.651. The van der Waals surface area contributed by atoms with E-state index in [0.717, 1.165) is 11.4 Å². The van der Waals surface area contributed by atoms with E-state index in [1.54, 1.807) is 37.7 Å². The summed E-state index contributed by atoms with van der Waals surface area (Å²) in [6, 6.07) is 5.38. The van der Waals surface area contributed by atoms with Gasteiger partial charge in [0.15, 0.2) is 0 Å². The number of aliphatic imine (C=N–C) groups is 2. The summed E-state index contributed by atoms with van der Waals surface area (Å²) < 4.78 is 13.3. The maximum Gasteiger partial charge on any atom is 0.321 e. The number of pyridine rings is 2. The van der Waals surface area contributed by atoms with E-state index in [0.29, 0.717) is 50.9 Å². The molecule has 4 heterocycles. The summed E-state index contributed by atoms with van der Waals surface area (Å²) in [5.74, 6) is 3.84. The van der Waals surface area contributed by atoms with Gasteiger partial charge in [0.1, 0.15) is 35.0 Å². The number of rotatable bonds is 5. The molecule has 0 spiro atoms. The number of hydrogen-bond acceptors (Lipinski definition) is 8. The molecule has 4 rings (SSSR count). The van der Waals surface area contributed by atoms with Crippen molar-refractivity contribution in [3.63, 3.8) is 0 Å². The van der Waals surface area contributed by atoms with Crippen molar-refractivity contribution in [3.05, 3.63) is 54.4 Å². The Morgan fingerprint density at radius 3 is 2.67 bits per heavy atom. The van der Waals surface area contributed by atoms with E-state index in [1.165, 1.54) is 6.33 Å². The van der Waals surface area contributed by atoms with Gasteiger partial charge in [0.05, 0.1) is 35.6 Å². The van der Waals surface area contributed by atoms with E-state index in [-0.39, 0.29) is 6.02 Å². The third-order valence-corrected chi connectivity index (χ3v) is 5.51. The molecule has 180 valence electrons. The maximum atomic E-state index is 6.31. The molecule has 0 aliphatic heterocycles. The number of hydrogen-bond donors (Lipinski definition) is 1. The fourth-order valence-corrected chi connectivity index (χ4v) is 3.70. The van der Waals surface area contributed by atoms with Crippen LogP contribution in [0.5, 0.6) is 11.5 Å². The highest BCUT2D eigenvalue weighted by Crippen LogP contribution is 2.43. The Balaban J connectivity index is 1.90. The fourth-order valence-electron chi connectivity index (χ4n) is 3.70. The molecule has 0 amide bonds. The van der Waals surface area contributed by atoms with Crippen LogP contribution in [0.1, 0.15) is 19.5 Å². The van der Waals surface area contributed by atoms with Crippen LogP contribution in [-0.2, 0) is 7.05 Å². The predicted octanol–water partition coefficient (Wildman–Crippen LogP) is 4.02. The lowest BCUT2D eigenvalue weighted by molar-refractivity contribution is 0.415. The number of methoxy groups -OCH3 is 1. The number of aryl methyl sites for hydroxylation is 1. The smallest absolute Gasteiger partial charge is 0.321 e. The molecule has 0 saturated heterocycles. The normalized spacial score (nSPS) is 11.9. The van der Waals surface area contributed by atoms with Gasteiger partial charge in [-0.1, -0.05) is 12.0 Å². The molecule has 0 bridgehead atoms. The zero-order chi connectivity index (χ0) is 25.8. The second-order valence-electron chi connectivity index (χ2n) is 7.62. The number of fused-ring (bicyclic) bond motifs is 1. The summed E-state index contributed by atoms with van der Waals surface area (Å²) in [6.45, 7) is 7.23. The lowest BCUT2D eigenvalue weighted by atomic mass is 10.0. The van der Waals surface area contributed by atoms with E-state index >= 15 is 0 Å². The van der Waals surface area contributed by atoms with Crippen LogP contribution in [0.3, 0.4) is 0 Å². The average molecular weight is 481 g/mol. The first-order chi connectivity index (χ1) is 17.4. The van der Waals surface area contributed by atoms with Crippen LogP contribution in [0.2, 0.25) is 0 Å². The van der Waals surface area contributed by atoms with Crippen molar-refractivity contribution in [2.75, 3.05) is 12.8 Å². The summed E-state index contributed by atoms with van der Waals surface area (Å²) in [5.41, 5.74) is 10.9. The molecule has 0 aliphatic carbocycles. The Hall–Kier alpha value is -5.04. The first-order valence-corrected chi connectivity index (χ1v) is 10.8. The molecule has 0 saturated carbocycles. The van der Waals surface area contributed by atoms with Crippen molar-refractivity contribution >= 4 is 29.6 Å². The van der Waals surface area contributed by atoms with E-state index in [1.807, 2.05) is 31.5 Å². The van der Waals surface area contributed by atoms with Gasteiger partial charge in [0, 0.05) is 30.6 Å². The molecule has 10 heteroatoms. The Labute approximate surface area is 208 Å². The highest BCUT2D eigenvalue weighted by molar-refractivity contribution is 6.07. The minimum atomic E-state index is 0.119. The third kappa shape index (κ3) is 4.37. The van der Waals surface area contributed by atoms with Crippen molar-refractivity contribution in [3.8, 4) is 46.4 Å². The Kier molecular flexibility index (Phi) is 6.74. The van der Waals surface area contributed by atoms with Crippen molar-refractivity contribution < 1.29 is 9.47 Å². The van der Waals surface area contributed by atoms with Crippen LogP contribution >= 0.6 is 0 Å². The number of allylic oxidation sites excluding steroid dienone is 2. The molecule has 4 aromatic heterocycles. The fraction of sp³-hybridized carbons (Fsp3) is 0.154. The molecule has 4 aromatic rings. The Bertz CT molecular complexity index is 1560. The average Bonchev–Trinajstić information content (AvgIpc) is 3.21. The summed E-state index contributed by atoms with van der Waals surface area (Å²) in [6.07, 6.45) is 12.0. The molecule has 10 nitrogen and oxygen atoms in total. The van der Waals surface area contributed by atoms with E-state index in [4.69, 9.17) is 21.6 Å². The number of aromatic nitrogens is 5. The summed E-state index contributed by atoms with van der Waals surface area (Å²) in [7, 11) is 3.45. The van der Waals surface area contributed by atoms with Gasteiger partial charge in [0.25, 0.3) is 0 Å². The number of nitrogens with zero attached hydrogens (tertiary/aromatic N) is 7. The lowest BCUT2D eigenvalue weighted by Crippen LogP contribution is -2.05. The van der Waals surface area contributed by atoms with E-state index < -0.39 is 0 Å². The quantitative estimate of drug-likeness (QED) is 0.260. The van der Waals surface area contributed by atoms with E-state index in [9.17, 15) is 0 Å². The molecule has 0 radical (unpaired) electrons. The number of nitrogens with two attached hydrogens (primary N) is 1. The Morgan fingerprint density at radius 1 is 1.22 bits per heavy atom. The highest BCUT2D eigenvalue weighted by Gasteiger charge is 2.25. The number of ether oxygens (including phenoxy) is 2. The van der Waals surface area contributed by atoms with Crippen LogP contribution in [0.25, 0.3) is 33.5 Å². The lowest BCUT2D eigenvalue weighted by Gasteiger charge is -2.12. The van der Waals surface area contributed by atoms with Gasteiger partial charge in [-0.2, -0.15) is 0 Å². The van der Waals surface area contributed by atoms with E-state index in [2.05, 4.69) is 42.6 Å². The maximum absolute atomic E-state index is 6.31. The van der Waals surface area contributed by atoms with Crippen molar-refractivity contribution in [1.82, 2.24) is 24.5 Å². The van der Waals surface area contributed by atoms with Crippen LogP contribution in [-0.4, -0.2) is 44.4 Å². The monoisotopic (exact) mass is 480 g/mol. The number of amidine groups is 1. The van der Waals surface area contributed by atoms with Gasteiger partial charge in [-0.3, -0.25) is 4.98 Å². The zero-order valence-corrected chi connectivity index (χ0v) is 20.4. The molecular formula is C26H24N8O2. The summed E-state index contributed by atoms with van der Waals surface area (Å²) >= 11 is 0. The molecule has 36 heavy (non-hydrogen) atoms. The minimum absolute atomic E-state index is 0.119. The summed E-state index contributed by atoms with van der Waals surface area (Å²) in [4.78, 5) is 25.8. The predicted molar refractivity (Wildman–Crippen MR) is 141 cm³/mol. The van der Waals surface area contributed by atoms with Gasteiger partial charge in [-0.05, 0) is 32.7 Å². The zero-order valence-electron chi connectivity index (χ0n) is 20.4. The molecule has 0 atom stereocenters. The van der Waals surface area contributed by atoms with Crippen LogP contribution in [0, 0.1) is 12.3 Å². The number of nitrogen functional groups attached to an aromatic ring is 1. The second-order valence-corrected chi connectivity index (χ2v) is 7.62. The van der Waals surface area contributed by atoms with Gasteiger partial charge in [0.2, 0.25) is 0 Å². The van der Waals surface area contributed by atoms with Gasteiger partial charge in [-0.25, -0.2) is 24.9 Å². The van der Waals surface area contributed by atoms with Gasteiger partial charge >= 0.3 is 6.02 Å². The third-order valence-electron chi connectivity index (χ3n) is 5.51. The first kappa shape index (κ1) is 24.1. The number of anilines is 1. The van der Waals surface area contributed by atoms with Crippen molar-refractivity contribution in [2.24, 2.45) is 17.0 Å². The topological polar surface area (TPSA) is 126 Å². The minimum Gasteiger partial charge on any atom is -0.496 e. The molecule has 0 fully saturated rings. The Morgan fingerprint density at radius 2 is 2.03 bits per heavy atom. The number of terminal acetylenes is 1. The largest absolute Gasteiger partial charge is 0.496 e. The van der Waals surface area contributed by atoms with Gasteiger partial charge < -0.3 is 19.8 Å². The van der Waals surface area contributed by atoms with Crippen molar-refractivity contribution in [2.45, 2.75) is 13.8 Å². The molecule has 0 aliphatic rings. The van der Waals surface area contributed by atoms with Crippen LogP contribution in [0.4, 0.5) is 5.82 Å². The molecule has 2 N–H and O–H groups in total. The van der Waals surface area contributed by atoms with Crippen LogP contribution in [0.15, 0.2) is 58.7 Å². The van der Waals surface area contributed by atoms with Crippen molar-refractivity contribution in [1.29, 1.82) is 0 Å². The SMILES string of the molecule is C#Cc1cc(OC)c(-c2c(-c3ccc(O/C(N=C)=N/C(C)=C\C)cn3)c3c(N)ncnc3n2C)cn1. The molecule has 0 aromatic carbocycles.